The van der Waals surface area contributed by atoms with E-state index in [0.717, 1.165) is 40.0 Å². The molecule has 0 aliphatic carbocycles. The molecule has 0 radical (unpaired) electrons. The highest BCUT2D eigenvalue weighted by Gasteiger charge is 2.18. The van der Waals surface area contributed by atoms with Crippen molar-refractivity contribution in [3.63, 3.8) is 0 Å². The van der Waals surface area contributed by atoms with Crippen molar-refractivity contribution in [1.82, 2.24) is 19.5 Å². The number of aromatic hydroxyl groups is 1. The first-order chi connectivity index (χ1) is 27.3. The SMILES string of the molecule is Cc1ccc(Oc2ccc([N+](=O)[O-])c(CCCC(C)(C)O)c2)nc1.Cc1ccc(Oc2ccc3ncn(CCC(C)(C)O)c3c2)nc1.O=[N+]([O-])c1ccc(O)cc1F. The Balaban J connectivity index is 0.000000205. The number of hydrogen-bond donors (Lipinski definition) is 3. The Bertz CT molecular complexity index is 2300. The molecule has 6 rings (SSSR count). The van der Waals surface area contributed by atoms with Crippen molar-refractivity contribution in [1.29, 1.82) is 0 Å². The van der Waals surface area contributed by atoms with Crippen LogP contribution in [0.3, 0.4) is 0 Å². The lowest BCUT2D eigenvalue weighted by Gasteiger charge is -2.17. The average molecular weight is 799 g/mol. The number of nitro benzene ring substituents is 2. The van der Waals surface area contributed by atoms with Crippen LogP contribution in [-0.4, -0.2) is 55.9 Å². The van der Waals surface area contributed by atoms with E-state index >= 15 is 0 Å². The third-order valence-electron chi connectivity index (χ3n) is 8.38. The number of nitrogens with zero attached hydrogens (tertiary/aromatic N) is 6. The largest absolute Gasteiger partial charge is 0.508 e. The van der Waals surface area contributed by atoms with Crippen molar-refractivity contribution in [3.05, 3.63) is 140 Å². The number of pyridine rings is 2. The summed E-state index contributed by atoms with van der Waals surface area (Å²) in [5.74, 6) is 0.881. The van der Waals surface area contributed by atoms with Crippen LogP contribution < -0.4 is 9.47 Å². The Morgan fingerprint density at radius 2 is 1.28 bits per heavy atom. The molecule has 3 aromatic heterocycles. The van der Waals surface area contributed by atoms with Gasteiger partial charge >= 0.3 is 5.69 Å². The molecule has 0 bridgehead atoms. The second-order valence-corrected chi connectivity index (χ2v) is 14.8. The lowest BCUT2D eigenvalue weighted by molar-refractivity contribution is -0.387. The van der Waals surface area contributed by atoms with Gasteiger partial charge in [0.25, 0.3) is 5.69 Å². The van der Waals surface area contributed by atoms with Gasteiger partial charge in [0.05, 0.1) is 38.4 Å². The Morgan fingerprint density at radius 3 is 1.79 bits per heavy atom. The predicted molar refractivity (Wildman–Crippen MR) is 216 cm³/mol. The van der Waals surface area contributed by atoms with Gasteiger partial charge < -0.3 is 29.4 Å². The summed E-state index contributed by atoms with van der Waals surface area (Å²) >= 11 is 0. The molecule has 58 heavy (non-hydrogen) atoms. The number of imidazole rings is 1. The van der Waals surface area contributed by atoms with Gasteiger partial charge in [-0.2, -0.15) is 4.39 Å². The number of ether oxygens (including phenoxy) is 2. The first-order valence-corrected chi connectivity index (χ1v) is 18.3. The molecule has 0 aliphatic rings. The molecule has 3 aromatic carbocycles. The van der Waals surface area contributed by atoms with Crippen LogP contribution >= 0.6 is 0 Å². The number of phenolic OH excluding ortho intramolecular Hbond substituents is 1. The summed E-state index contributed by atoms with van der Waals surface area (Å²) in [5.41, 5.74) is 2.55. The first-order valence-electron chi connectivity index (χ1n) is 18.3. The summed E-state index contributed by atoms with van der Waals surface area (Å²) in [6.07, 6.45) is 7.64. The second-order valence-electron chi connectivity index (χ2n) is 14.8. The molecule has 6 aromatic rings. The lowest BCUT2D eigenvalue weighted by Crippen LogP contribution is -2.20. The number of halogens is 1. The van der Waals surface area contributed by atoms with Crippen molar-refractivity contribution in [3.8, 4) is 29.0 Å². The molecule has 15 nitrogen and oxygen atoms in total. The van der Waals surface area contributed by atoms with E-state index in [2.05, 4.69) is 15.0 Å². The molecular formula is C42H47FN6O9. The van der Waals surface area contributed by atoms with Gasteiger partial charge in [0.2, 0.25) is 17.6 Å². The van der Waals surface area contributed by atoms with Gasteiger partial charge in [-0.3, -0.25) is 20.2 Å². The molecule has 0 unspecified atom stereocenters. The number of aromatic nitrogens is 4. The molecule has 3 heterocycles. The molecule has 0 saturated carbocycles. The maximum Gasteiger partial charge on any atom is 0.305 e. The molecule has 0 saturated heterocycles. The summed E-state index contributed by atoms with van der Waals surface area (Å²) in [5, 5.41) is 49.5. The second kappa shape index (κ2) is 19.6. The summed E-state index contributed by atoms with van der Waals surface area (Å²) in [7, 11) is 0. The zero-order chi connectivity index (χ0) is 42.6. The van der Waals surface area contributed by atoms with Gasteiger partial charge in [0.15, 0.2) is 0 Å². The molecule has 0 aliphatic heterocycles. The van der Waals surface area contributed by atoms with Crippen molar-refractivity contribution < 1.29 is 39.0 Å². The van der Waals surface area contributed by atoms with E-state index in [4.69, 9.17) is 14.6 Å². The number of benzene rings is 3. The lowest BCUT2D eigenvalue weighted by atomic mass is 9.98. The van der Waals surface area contributed by atoms with Gasteiger partial charge in [0, 0.05) is 60.9 Å². The highest BCUT2D eigenvalue weighted by Crippen LogP contribution is 2.29. The van der Waals surface area contributed by atoms with Crippen LogP contribution in [0.4, 0.5) is 15.8 Å². The summed E-state index contributed by atoms with van der Waals surface area (Å²) < 4.78 is 26.0. The molecule has 0 fully saturated rings. The number of rotatable bonds is 13. The normalized spacial score (nSPS) is 11.2. The van der Waals surface area contributed by atoms with E-state index in [-0.39, 0.29) is 11.4 Å². The number of phenols is 1. The minimum atomic E-state index is -1.03. The van der Waals surface area contributed by atoms with Gasteiger partial charge in [-0.1, -0.05) is 12.1 Å². The van der Waals surface area contributed by atoms with Crippen LogP contribution in [0.15, 0.2) is 97.6 Å². The summed E-state index contributed by atoms with van der Waals surface area (Å²) in [4.78, 5) is 32.8. The molecule has 0 amide bonds. The maximum absolute atomic E-state index is 12.5. The number of nitro groups is 2. The third kappa shape index (κ3) is 14.2. The Kier molecular flexibility index (Phi) is 14.9. The van der Waals surface area contributed by atoms with E-state index in [9.17, 15) is 34.8 Å². The van der Waals surface area contributed by atoms with Crippen LogP contribution in [0, 0.1) is 39.9 Å². The Morgan fingerprint density at radius 1 is 0.724 bits per heavy atom. The minimum absolute atomic E-state index is 0.0648. The fourth-order valence-electron chi connectivity index (χ4n) is 5.30. The van der Waals surface area contributed by atoms with Crippen LogP contribution in [0.1, 0.15) is 63.6 Å². The fraction of sp³-hybridized carbons (Fsp3) is 0.310. The zero-order valence-corrected chi connectivity index (χ0v) is 33.1. The maximum atomic E-state index is 12.5. The third-order valence-corrected chi connectivity index (χ3v) is 8.38. The van der Waals surface area contributed by atoms with E-state index < -0.39 is 32.6 Å². The molecule has 3 N–H and O–H groups in total. The number of aryl methyl sites for hydroxylation is 4. The minimum Gasteiger partial charge on any atom is -0.508 e. The molecule has 0 atom stereocenters. The van der Waals surface area contributed by atoms with Crippen molar-refractivity contribution >= 4 is 22.4 Å². The number of aliphatic hydroxyl groups is 2. The quantitative estimate of drug-likeness (QED) is 0.0737. The average Bonchev–Trinajstić information content (AvgIpc) is 3.54. The van der Waals surface area contributed by atoms with Crippen molar-refractivity contribution in [2.75, 3.05) is 0 Å². The van der Waals surface area contributed by atoms with Crippen LogP contribution in [0.5, 0.6) is 29.0 Å². The molecule has 16 heteroatoms. The first kappa shape index (κ1) is 44.2. The van der Waals surface area contributed by atoms with Gasteiger partial charge in [-0.15, -0.1) is 0 Å². The van der Waals surface area contributed by atoms with E-state index in [0.29, 0.717) is 61.4 Å². The van der Waals surface area contributed by atoms with Crippen molar-refractivity contribution in [2.24, 2.45) is 0 Å². The zero-order valence-electron chi connectivity index (χ0n) is 33.1. The van der Waals surface area contributed by atoms with Gasteiger partial charge in [-0.05, 0) is 109 Å². The highest BCUT2D eigenvalue weighted by atomic mass is 19.1. The Hall–Kier alpha value is -6.52. The van der Waals surface area contributed by atoms with Crippen molar-refractivity contribution in [2.45, 2.75) is 85.0 Å². The predicted octanol–water partition coefficient (Wildman–Crippen LogP) is 9.32. The van der Waals surface area contributed by atoms with Gasteiger partial charge in [-0.25, -0.2) is 15.0 Å². The molecule has 306 valence electrons. The smallest absolute Gasteiger partial charge is 0.305 e. The standard InChI is InChI=1S/C18H21N3O2.C18H22N2O4.C6H4FNO3/c1-13-4-7-17(19-11-13)23-14-5-6-15-16(10-14)21(12-20-15)9-8-18(2,3)22;1-13-6-9-17(19-12-13)24-15-7-8-16(20(22)23)14(11-15)5-4-10-18(2,3)21;7-5-3-4(9)1-2-6(5)8(10)11/h4-7,10-12,22H,8-9H2,1-3H3;6-9,11-12,21H,4-5,10H2,1-3H3;1-3,9H. The Labute approximate surface area is 334 Å². The summed E-state index contributed by atoms with van der Waals surface area (Å²) in [6.45, 7) is 11.7. The van der Waals surface area contributed by atoms with E-state index in [1.54, 1.807) is 50.8 Å². The molecule has 0 spiro atoms. The number of hydrogen-bond acceptors (Lipinski definition) is 12. The summed E-state index contributed by atoms with van der Waals surface area (Å²) in [6, 6.07) is 20.6. The fourth-order valence-corrected chi connectivity index (χ4v) is 5.30. The van der Waals surface area contributed by atoms with E-state index in [1.165, 1.54) is 6.07 Å². The van der Waals surface area contributed by atoms with Crippen LogP contribution in [-0.2, 0) is 13.0 Å². The van der Waals surface area contributed by atoms with Crippen LogP contribution in [0.2, 0.25) is 0 Å². The van der Waals surface area contributed by atoms with E-state index in [1.807, 2.05) is 68.7 Å². The molecular weight excluding hydrogens is 751 g/mol. The highest BCUT2D eigenvalue weighted by molar-refractivity contribution is 5.77. The monoisotopic (exact) mass is 798 g/mol. The van der Waals surface area contributed by atoms with Gasteiger partial charge in [0.1, 0.15) is 17.2 Å². The number of fused-ring (bicyclic) bond motifs is 1. The topological polar surface area (TPSA) is 209 Å². The van der Waals surface area contributed by atoms with Crippen LogP contribution in [0.25, 0.3) is 11.0 Å².